The van der Waals surface area contributed by atoms with Crippen molar-refractivity contribution in [2.45, 2.75) is 19.8 Å². The van der Waals surface area contributed by atoms with Gasteiger partial charge in [-0.2, -0.15) is 0 Å². The summed E-state index contributed by atoms with van der Waals surface area (Å²) in [5, 5.41) is 0. The van der Waals surface area contributed by atoms with Crippen LogP contribution in [0.25, 0.3) is 0 Å². The Kier molecular flexibility index (Phi) is 2.81. The maximum atomic E-state index is 5.86. The lowest BCUT2D eigenvalue weighted by Crippen LogP contribution is -2.16. The second-order valence-electron chi connectivity index (χ2n) is 4.01. The number of nitrogen functional groups attached to an aromatic ring is 1. The molecule has 0 aliphatic rings. The first-order valence-corrected chi connectivity index (χ1v) is 5.33. The summed E-state index contributed by atoms with van der Waals surface area (Å²) < 4.78 is 1.82. The van der Waals surface area contributed by atoms with E-state index in [2.05, 4.69) is 24.3 Å². The van der Waals surface area contributed by atoms with Crippen molar-refractivity contribution in [3.8, 4) is 0 Å². The van der Waals surface area contributed by atoms with E-state index in [1.807, 2.05) is 35.0 Å². The molecule has 0 aliphatic heterocycles. The van der Waals surface area contributed by atoms with Crippen molar-refractivity contribution < 1.29 is 0 Å². The van der Waals surface area contributed by atoms with Crippen LogP contribution in [0, 0.1) is 0 Å². The summed E-state index contributed by atoms with van der Waals surface area (Å²) in [6.07, 6.45) is 1.67. The molecule has 16 heavy (non-hydrogen) atoms. The molecule has 1 aromatic carbocycles. The predicted molar refractivity (Wildman–Crippen MR) is 66.2 cm³/mol. The molecule has 0 radical (unpaired) electrons. The van der Waals surface area contributed by atoms with Crippen molar-refractivity contribution in [2.75, 3.05) is 11.2 Å². The quantitative estimate of drug-likeness (QED) is 0.828. The number of nitrogens with zero attached hydrogens (tertiary/aromatic N) is 2. The van der Waals surface area contributed by atoms with Crippen LogP contribution in [0.5, 0.6) is 0 Å². The number of hydrogen-bond acceptors (Lipinski definition) is 3. The molecule has 0 fully saturated rings. The zero-order valence-electron chi connectivity index (χ0n) is 9.51. The van der Waals surface area contributed by atoms with Crippen LogP contribution in [-0.2, 0) is 0 Å². The normalized spacial score (nSPS) is 10.7. The van der Waals surface area contributed by atoms with Crippen LogP contribution in [0.2, 0.25) is 0 Å². The highest BCUT2D eigenvalue weighted by Crippen LogP contribution is 2.17. The number of para-hydroxylation sites is 1. The SMILES string of the molecule is CC(C)c1ncc(N)n1Nc1ccccc1. The lowest BCUT2D eigenvalue weighted by Gasteiger charge is -2.14. The first-order valence-electron chi connectivity index (χ1n) is 5.33. The molecule has 0 aliphatic carbocycles. The van der Waals surface area contributed by atoms with Gasteiger partial charge >= 0.3 is 0 Å². The van der Waals surface area contributed by atoms with Gasteiger partial charge in [-0.3, -0.25) is 5.43 Å². The second kappa shape index (κ2) is 4.26. The zero-order chi connectivity index (χ0) is 11.5. The minimum atomic E-state index is 0.327. The summed E-state index contributed by atoms with van der Waals surface area (Å²) in [6, 6.07) is 9.91. The molecule has 2 aromatic rings. The lowest BCUT2D eigenvalue weighted by atomic mass is 10.2. The topological polar surface area (TPSA) is 55.9 Å². The van der Waals surface area contributed by atoms with E-state index in [1.165, 1.54) is 0 Å². The summed E-state index contributed by atoms with van der Waals surface area (Å²) in [7, 11) is 0. The summed E-state index contributed by atoms with van der Waals surface area (Å²) >= 11 is 0. The minimum Gasteiger partial charge on any atom is -0.382 e. The fourth-order valence-corrected chi connectivity index (χ4v) is 1.55. The Morgan fingerprint density at radius 2 is 1.94 bits per heavy atom. The van der Waals surface area contributed by atoms with Gasteiger partial charge in [-0.25, -0.2) is 9.66 Å². The Labute approximate surface area is 95.1 Å². The Bertz CT molecular complexity index is 459. The lowest BCUT2D eigenvalue weighted by molar-refractivity contribution is 0.730. The molecule has 2 rings (SSSR count). The van der Waals surface area contributed by atoms with Gasteiger partial charge in [0.15, 0.2) is 0 Å². The van der Waals surface area contributed by atoms with E-state index in [0.29, 0.717) is 11.7 Å². The van der Waals surface area contributed by atoms with Crippen LogP contribution < -0.4 is 11.2 Å². The molecule has 1 heterocycles. The summed E-state index contributed by atoms with van der Waals surface area (Å²) in [4.78, 5) is 4.29. The molecule has 0 saturated heterocycles. The molecule has 0 unspecified atom stereocenters. The molecule has 0 spiro atoms. The Balaban J connectivity index is 2.31. The van der Waals surface area contributed by atoms with E-state index in [0.717, 1.165) is 11.5 Å². The first-order chi connectivity index (χ1) is 7.68. The van der Waals surface area contributed by atoms with Crippen molar-refractivity contribution in [1.82, 2.24) is 9.66 Å². The number of aromatic nitrogens is 2. The molecule has 0 atom stereocenters. The van der Waals surface area contributed by atoms with E-state index < -0.39 is 0 Å². The number of anilines is 2. The van der Waals surface area contributed by atoms with Crippen molar-refractivity contribution in [1.29, 1.82) is 0 Å². The van der Waals surface area contributed by atoms with Gasteiger partial charge in [0.25, 0.3) is 0 Å². The molecular weight excluding hydrogens is 200 g/mol. The van der Waals surface area contributed by atoms with Gasteiger partial charge in [0, 0.05) is 5.92 Å². The van der Waals surface area contributed by atoms with Crippen molar-refractivity contribution in [3.05, 3.63) is 42.4 Å². The molecule has 0 bridgehead atoms. The highest BCUT2D eigenvalue weighted by Gasteiger charge is 2.10. The maximum Gasteiger partial charge on any atom is 0.143 e. The van der Waals surface area contributed by atoms with Gasteiger partial charge in [0.2, 0.25) is 0 Å². The van der Waals surface area contributed by atoms with E-state index in [9.17, 15) is 0 Å². The fourth-order valence-electron chi connectivity index (χ4n) is 1.55. The van der Waals surface area contributed by atoms with Gasteiger partial charge in [-0.1, -0.05) is 32.0 Å². The Morgan fingerprint density at radius 1 is 1.25 bits per heavy atom. The Morgan fingerprint density at radius 3 is 2.56 bits per heavy atom. The average Bonchev–Trinajstić information content (AvgIpc) is 2.62. The number of imidazole rings is 1. The average molecular weight is 216 g/mol. The molecule has 3 N–H and O–H groups in total. The summed E-state index contributed by atoms with van der Waals surface area (Å²) in [5.74, 6) is 1.88. The molecule has 4 heteroatoms. The summed E-state index contributed by atoms with van der Waals surface area (Å²) in [6.45, 7) is 4.18. The highest BCUT2D eigenvalue weighted by atomic mass is 15.5. The van der Waals surface area contributed by atoms with Crippen LogP contribution in [-0.4, -0.2) is 9.66 Å². The van der Waals surface area contributed by atoms with E-state index in [1.54, 1.807) is 6.20 Å². The number of rotatable bonds is 3. The van der Waals surface area contributed by atoms with Crippen LogP contribution in [0.15, 0.2) is 36.5 Å². The summed E-state index contributed by atoms with van der Waals surface area (Å²) in [5.41, 5.74) is 10.1. The van der Waals surface area contributed by atoms with Gasteiger partial charge in [-0.05, 0) is 12.1 Å². The molecule has 1 aromatic heterocycles. The number of benzene rings is 1. The molecular formula is C12H16N4. The van der Waals surface area contributed by atoms with E-state index in [4.69, 9.17) is 5.73 Å². The van der Waals surface area contributed by atoms with Gasteiger partial charge in [0.05, 0.1) is 11.9 Å². The van der Waals surface area contributed by atoms with Crippen LogP contribution >= 0.6 is 0 Å². The fraction of sp³-hybridized carbons (Fsp3) is 0.250. The number of nitrogens with one attached hydrogen (secondary N) is 1. The Hall–Kier alpha value is -1.97. The monoisotopic (exact) mass is 216 g/mol. The smallest absolute Gasteiger partial charge is 0.143 e. The van der Waals surface area contributed by atoms with Gasteiger partial charge < -0.3 is 5.73 Å². The molecule has 0 amide bonds. The third-order valence-corrected chi connectivity index (χ3v) is 2.35. The van der Waals surface area contributed by atoms with E-state index in [-0.39, 0.29) is 0 Å². The van der Waals surface area contributed by atoms with Crippen LogP contribution in [0.1, 0.15) is 25.6 Å². The zero-order valence-corrected chi connectivity index (χ0v) is 9.51. The van der Waals surface area contributed by atoms with Crippen molar-refractivity contribution >= 4 is 11.5 Å². The molecule has 4 nitrogen and oxygen atoms in total. The number of hydrogen-bond donors (Lipinski definition) is 2. The predicted octanol–water partition coefficient (Wildman–Crippen LogP) is 2.46. The standard InChI is InChI=1S/C12H16N4/c1-9(2)12-14-8-11(13)16(12)15-10-6-4-3-5-7-10/h3-9,15H,13H2,1-2H3. The number of nitrogens with two attached hydrogens (primary N) is 1. The third-order valence-electron chi connectivity index (χ3n) is 2.35. The van der Waals surface area contributed by atoms with Crippen molar-refractivity contribution in [3.63, 3.8) is 0 Å². The molecule has 84 valence electrons. The van der Waals surface area contributed by atoms with E-state index >= 15 is 0 Å². The second-order valence-corrected chi connectivity index (χ2v) is 4.01. The maximum absolute atomic E-state index is 5.86. The van der Waals surface area contributed by atoms with Gasteiger partial charge in [0.1, 0.15) is 11.6 Å². The highest BCUT2D eigenvalue weighted by molar-refractivity contribution is 5.45. The van der Waals surface area contributed by atoms with Gasteiger partial charge in [-0.15, -0.1) is 0 Å². The minimum absolute atomic E-state index is 0.327. The molecule has 0 saturated carbocycles. The first kappa shape index (κ1) is 10.5. The largest absolute Gasteiger partial charge is 0.382 e. The van der Waals surface area contributed by atoms with Crippen LogP contribution in [0.4, 0.5) is 11.5 Å². The third kappa shape index (κ3) is 2.00. The van der Waals surface area contributed by atoms with Crippen LogP contribution in [0.3, 0.4) is 0 Å². The van der Waals surface area contributed by atoms with Crippen molar-refractivity contribution in [2.24, 2.45) is 0 Å².